The molecule has 102 valence electrons. The third-order valence-electron chi connectivity index (χ3n) is 3.72. The van der Waals surface area contributed by atoms with E-state index in [0.717, 1.165) is 29.5 Å². The van der Waals surface area contributed by atoms with Gasteiger partial charge < -0.3 is 15.6 Å². The Labute approximate surface area is 113 Å². The number of ether oxygens (including phenoxy) is 1. The van der Waals surface area contributed by atoms with Crippen molar-refractivity contribution in [3.05, 3.63) is 22.8 Å². The predicted octanol–water partition coefficient (Wildman–Crippen LogP) is 2.15. The van der Waals surface area contributed by atoms with Gasteiger partial charge in [-0.15, -0.1) is 0 Å². The maximum absolute atomic E-state index is 10.2. The minimum atomic E-state index is -0.303. The summed E-state index contributed by atoms with van der Waals surface area (Å²) >= 11 is 0. The molecule has 1 aromatic carbocycles. The van der Waals surface area contributed by atoms with Crippen LogP contribution in [0, 0.1) is 0 Å². The molecule has 0 saturated heterocycles. The molecule has 0 unspecified atom stereocenters. The van der Waals surface area contributed by atoms with Crippen LogP contribution >= 0.6 is 0 Å². The molecule has 3 rings (SSSR count). The van der Waals surface area contributed by atoms with Gasteiger partial charge in [0.15, 0.2) is 11.5 Å². The number of nitrogens with zero attached hydrogens (tertiary/aromatic N) is 1. The average molecular weight is 260 g/mol. The molecule has 0 aliphatic carbocycles. The number of aromatic hydroxyl groups is 1. The Balaban J connectivity index is 2.23. The van der Waals surface area contributed by atoms with E-state index in [1.165, 1.54) is 0 Å². The number of rotatable bonds is 0. The lowest BCUT2D eigenvalue weighted by atomic mass is 9.84. The van der Waals surface area contributed by atoms with E-state index in [4.69, 9.17) is 10.5 Å². The zero-order valence-corrected chi connectivity index (χ0v) is 11.9. The maximum Gasteiger partial charge on any atom is 0.165 e. The Morgan fingerprint density at radius 1 is 1.26 bits per heavy atom. The fourth-order valence-corrected chi connectivity index (χ4v) is 3.13. The fraction of sp³-hybridized carbons (Fsp3) is 0.533. The van der Waals surface area contributed by atoms with Gasteiger partial charge in [-0.05, 0) is 45.7 Å². The second-order valence-corrected chi connectivity index (χ2v) is 6.76. The molecule has 0 atom stereocenters. The number of phenols is 1. The summed E-state index contributed by atoms with van der Waals surface area (Å²) in [7, 11) is 0. The minimum absolute atomic E-state index is 0.213. The Morgan fingerprint density at radius 3 is 2.63 bits per heavy atom. The fourth-order valence-electron chi connectivity index (χ4n) is 3.13. The van der Waals surface area contributed by atoms with Gasteiger partial charge >= 0.3 is 0 Å². The second-order valence-electron chi connectivity index (χ2n) is 6.76. The molecule has 0 bridgehead atoms. The van der Waals surface area contributed by atoms with E-state index < -0.39 is 0 Å². The number of aliphatic imine (C=N–C) groups is 1. The molecular formula is C15H20N2O2. The Morgan fingerprint density at radius 2 is 1.95 bits per heavy atom. The molecular weight excluding hydrogens is 240 g/mol. The molecule has 3 N–H and O–H groups in total. The molecule has 0 aromatic heterocycles. The Bertz CT molecular complexity index is 601. The third-order valence-corrected chi connectivity index (χ3v) is 3.72. The van der Waals surface area contributed by atoms with E-state index in [9.17, 15) is 5.11 Å². The van der Waals surface area contributed by atoms with Crippen molar-refractivity contribution in [1.29, 1.82) is 0 Å². The van der Waals surface area contributed by atoms with Crippen LogP contribution in [0.4, 0.5) is 0 Å². The van der Waals surface area contributed by atoms with Crippen molar-refractivity contribution in [1.82, 2.24) is 0 Å². The molecule has 0 fully saturated rings. The summed E-state index contributed by atoms with van der Waals surface area (Å²) in [6.07, 6.45) is 1.53. The molecule has 4 nitrogen and oxygen atoms in total. The summed E-state index contributed by atoms with van der Waals surface area (Å²) in [4.78, 5) is 4.57. The molecule has 0 saturated carbocycles. The number of phenolic OH excluding ortho intramolecular Hbond substituents is 1. The van der Waals surface area contributed by atoms with Gasteiger partial charge in [0.05, 0.1) is 5.54 Å². The number of fused-ring (bicyclic) bond motifs is 3. The first-order chi connectivity index (χ1) is 8.69. The standard InChI is InChI=1S/C15H20N2O2/c1-14(2)6-8-5-10(18)12-9(7-15(3,4)19-12)11(8)13(16)17-14/h5,18H,6-7H2,1-4H3,(H2,16,17). The lowest BCUT2D eigenvalue weighted by molar-refractivity contribution is 0.134. The van der Waals surface area contributed by atoms with Crippen LogP contribution in [0.1, 0.15) is 44.4 Å². The summed E-state index contributed by atoms with van der Waals surface area (Å²) in [6.45, 7) is 8.12. The molecule has 1 aromatic rings. The first-order valence-electron chi connectivity index (χ1n) is 6.61. The molecule has 2 heterocycles. The van der Waals surface area contributed by atoms with E-state index >= 15 is 0 Å². The van der Waals surface area contributed by atoms with Crippen molar-refractivity contribution >= 4 is 5.84 Å². The number of hydrogen-bond acceptors (Lipinski definition) is 4. The average Bonchev–Trinajstić information content (AvgIpc) is 2.51. The highest BCUT2D eigenvalue weighted by Gasteiger charge is 2.38. The normalized spacial score (nSPS) is 22.2. The molecule has 0 radical (unpaired) electrons. The second kappa shape index (κ2) is 3.44. The smallest absolute Gasteiger partial charge is 0.165 e. The monoisotopic (exact) mass is 260 g/mol. The van der Waals surface area contributed by atoms with Crippen LogP contribution in [0.2, 0.25) is 0 Å². The van der Waals surface area contributed by atoms with Crippen LogP contribution in [0.15, 0.2) is 11.1 Å². The number of hydrogen-bond donors (Lipinski definition) is 2. The highest BCUT2D eigenvalue weighted by Crippen LogP contribution is 2.46. The van der Waals surface area contributed by atoms with Crippen LogP contribution in [0.3, 0.4) is 0 Å². The Kier molecular flexibility index (Phi) is 2.23. The number of nitrogens with two attached hydrogens (primary N) is 1. The van der Waals surface area contributed by atoms with Crippen molar-refractivity contribution in [3.63, 3.8) is 0 Å². The van der Waals surface area contributed by atoms with Crippen LogP contribution in [0.25, 0.3) is 0 Å². The summed E-state index contributed by atoms with van der Waals surface area (Å²) in [6, 6.07) is 1.78. The van der Waals surface area contributed by atoms with Gasteiger partial charge in [-0.1, -0.05) is 0 Å². The van der Waals surface area contributed by atoms with Crippen LogP contribution in [-0.2, 0) is 12.8 Å². The first-order valence-corrected chi connectivity index (χ1v) is 6.61. The van der Waals surface area contributed by atoms with Gasteiger partial charge in [0.25, 0.3) is 0 Å². The van der Waals surface area contributed by atoms with Crippen molar-refractivity contribution < 1.29 is 9.84 Å². The van der Waals surface area contributed by atoms with Crippen molar-refractivity contribution in [2.45, 2.75) is 51.7 Å². The molecule has 2 aliphatic heterocycles. The highest BCUT2D eigenvalue weighted by atomic mass is 16.5. The molecule has 19 heavy (non-hydrogen) atoms. The molecule has 4 heteroatoms. The number of benzene rings is 1. The van der Waals surface area contributed by atoms with Gasteiger partial charge in [0.1, 0.15) is 11.4 Å². The summed E-state index contributed by atoms with van der Waals surface area (Å²) in [5.41, 5.74) is 8.66. The van der Waals surface area contributed by atoms with Crippen molar-refractivity contribution in [3.8, 4) is 11.5 Å². The van der Waals surface area contributed by atoms with E-state index in [1.54, 1.807) is 6.07 Å². The quantitative estimate of drug-likeness (QED) is 0.751. The first kappa shape index (κ1) is 12.3. The predicted molar refractivity (Wildman–Crippen MR) is 75.0 cm³/mol. The van der Waals surface area contributed by atoms with E-state index in [-0.39, 0.29) is 16.9 Å². The van der Waals surface area contributed by atoms with Crippen LogP contribution in [-0.4, -0.2) is 22.1 Å². The van der Waals surface area contributed by atoms with E-state index in [2.05, 4.69) is 4.99 Å². The summed E-state index contributed by atoms with van der Waals surface area (Å²) in [5, 5.41) is 10.2. The SMILES string of the molecule is CC1(C)Cc2cc(O)c3c(c2C(N)=N1)CC(C)(C)O3. The lowest BCUT2D eigenvalue weighted by Crippen LogP contribution is -2.33. The van der Waals surface area contributed by atoms with Gasteiger partial charge in [-0.25, -0.2) is 0 Å². The van der Waals surface area contributed by atoms with Gasteiger partial charge in [-0.2, -0.15) is 0 Å². The molecule has 0 spiro atoms. The largest absolute Gasteiger partial charge is 0.504 e. The highest BCUT2D eigenvalue weighted by molar-refractivity contribution is 6.02. The lowest BCUT2D eigenvalue weighted by Gasteiger charge is -2.28. The summed E-state index contributed by atoms with van der Waals surface area (Å²) in [5.74, 6) is 1.34. The third kappa shape index (κ3) is 1.86. The Hall–Kier alpha value is -1.71. The molecule has 0 amide bonds. The number of amidine groups is 1. The zero-order valence-electron chi connectivity index (χ0n) is 11.9. The van der Waals surface area contributed by atoms with E-state index in [0.29, 0.717) is 11.6 Å². The maximum atomic E-state index is 10.2. The van der Waals surface area contributed by atoms with Gasteiger partial charge in [0.2, 0.25) is 0 Å². The van der Waals surface area contributed by atoms with Crippen molar-refractivity contribution in [2.24, 2.45) is 10.7 Å². The zero-order chi connectivity index (χ0) is 14.0. The minimum Gasteiger partial charge on any atom is -0.504 e. The van der Waals surface area contributed by atoms with Gasteiger partial charge in [-0.3, -0.25) is 4.99 Å². The summed E-state index contributed by atoms with van der Waals surface area (Å²) < 4.78 is 5.83. The molecule has 2 aliphatic rings. The van der Waals surface area contributed by atoms with Crippen molar-refractivity contribution in [2.75, 3.05) is 0 Å². The van der Waals surface area contributed by atoms with E-state index in [1.807, 2.05) is 27.7 Å². The topological polar surface area (TPSA) is 67.8 Å². The van der Waals surface area contributed by atoms with Gasteiger partial charge in [0, 0.05) is 17.5 Å². The van der Waals surface area contributed by atoms with Crippen LogP contribution in [0.5, 0.6) is 11.5 Å². The van der Waals surface area contributed by atoms with Crippen LogP contribution < -0.4 is 10.5 Å².